The molecule has 3 N–H and O–H groups in total. The zero-order valence-electron chi connectivity index (χ0n) is 9.12. The van der Waals surface area contributed by atoms with Gasteiger partial charge in [-0.3, -0.25) is 4.79 Å². The molecule has 0 bridgehead atoms. The molecule has 1 fully saturated rings. The van der Waals surface area contributed by atoms with Gasteiger partial charge >= 0.3 is 5.97 Å². The van der Waals surface area contributed by atoms with Crippen molar-refractivity contribution in [1.29, 1.82) is 0 Å². The van der Waals surface area contributed by atoms with E-state index in [0.29, 0.717) is 13.1 Å². The van der Waals surface area contributed by atoms with Gasteiger partial charge in [0.2, 0.25) is 5.91 Å². The maximum absolute atomic E-state index is 11.5. The summed E-state index contributed by atoms with van der Waals surface area (Å²) in [5.74, 6) is -1.21. The standard InChI is InChI=1S/C10H18N2O3/c1-3-6(2)8(10(14)15)12-9(13)7-4-11-5-7/h6-8,11H,3-5H2,1-2H3,(H,12,13)(H,14,15)/t6?,8-/m0/s1. The van der Waals surface area contributed by atoms with Gasteiger partial charge in [0.05, 0.1) is 5.92 Å². The lowest BCUT2D eigenvalue weighted by Gasteiger charge is -2.28. The number of aliphatic carboxylic acids is 1. The molecule has 0 aromatic carbocycles. The van der Waals surface area contributed by atoms with E-state index in [9.17, 15) is 9.59 Å². The van der Waals surface area contributed by atoms with E-state index >= 15 is 0 Å². The van der Waals surface area contributed by atoms with Gasteiger partial charge in [-0.05, 0) is 5.92 Å². The molecule has 1 aliphatic rings. The van der Waals surface area contributed by atoms with Crippen LogP contribution in [0.2, 0.25) is 0 Å². The van der Waals surface area contributed by atoms with E-state index in [1.165, 1.54) is 0 Å². The highest BCUT2D eigenvalue weighted by Crippen LogP contribution is 2.10. The second kappa shape index (κ2) is 5.11. The number of nitrogens with one attached hydrogen (secondary N) is 2. The average molecular weight is 214 g/mol. The van der Waals surface area contributed by atoms with Crippen molar-refractivity contribution in [3.63, 3.8) is 0 Å². The van der Waals surface area contributed by atoms with Crippen LogP contribution in [-0.2, 0) is 9.59 Å². The minimum Gasteiger partial charge on any atom is -0.480 e. The number of hydrogen-bond acceptors (Lipinski definition) is 3. The molecule has 86 valence electrons. The molecule has 0 aromatic rings. The molecule has 1 unspecified atom stereocenters. The molecule has 1 heterocycles. The van der Waals surface area contributed by atoms with Crippen LogP contribution in [0.25, 0.3) is 0 Å². The molecule has 15 heavy (non-hydrogen) atoms. The van der Waals surface area contributed by atoms with E-state index in [-0.39, 0.29) is 17.7 Å². The minimum atomic E-state index is -0.954. The fourth-order valence-corrected chi connectivity index (χ4v) is 1.43. The third-order valence-corrected chi connectivity index (χ3v) is 2.93. The quantitative estimate of drug-likeness (QED) is 0.593. The summed E-state index contributed by atoms with van der Waals surface area (Å²) >= 11 is 0. The van der Waals surface area contributed by atoms with Crippen molar-refractivity contribution >= 4 is 11.9 Å². The highest BCUT2D eigenvalue weighted by Gasteiger charge is 2.31. The van der Waals surface area contributed by atoms with Crippen molar-refractivity contribution in [3.05, 3.63) is 0 Å². The van der Waals surface area contributed by atoms with Crippen LogP contribution in [0.4, 0.5) is 0 Å². The van der Waals surface area contributed by atoms with Crippen molar-refractivity contribution in [1.82, 2.24) is 10.6 Å². The summed E-state index contributed by atoms with van der Waals surface area (Å²) in [5, 5.41) is 14.5. The maximum atomic E-state index is 11.5. The highest BCUT2D eigenvalue weighted by atomic mass is 16.4. The lowest BCUT2D eigenvalue weighted by atomic mass is 9.97. The Kier molecular flexibility index (Phi) is 4.08. The van der Waals surface area contributed by atoms with Gasteiger partial charge in [-0.15, -0.1) is 0 Å². The Bertz CT molecular complexity index is 251. The fourth-order valence-electron chi connectivity index (χ4n) is 1.43. The molecule has 0 aliphatic carbocycles. The molecule has 0 saturated carbocycles. The lowest BCUT2D eigenvalue weighted by Crippen LogP contribution is -2.55. The number of carboxylic acid groups (broad SMARTS) is 1. The van der Waals surface area contributed by atoms with Crippen LogP contribution in [-0.4, -0.2) is 36.1 Å². The van der Waals surface area contributed by atoms with Crippen LogP contribution in [0.5, 0.6) is 0 Å². The van der Waals surface area contributed by atoms with Crippen LogP contribution in [0.1, 0.15) is 20.3 Å². The zero-order valence-corrected chi connectivity index (χ0v) is 9.12. The third-order valence-electron chi connectivity index (χ3n) is 2.93. The summed E-state index contributed by atoms with van der Waals surface area (Å²) in [4.78, 5) is 22.5. The SMILES string of the molecule is CCC(C)[C@H](NC(=O)C1CNC1)C(=O)O. The molecule has 1 saturated heterocycles. The van der Waals surface area contributed by atoms with Gasteiger partial charge in [0.1, 0.15) is 6.04 Å². The molecule has 2 atom stereocenters. The van der Waals surface area contributed by atoms with Gasteiger partial charge in [0.25, 0.3) is 0 Å². The molecule has 0 spiro atoms. The van der Waals surface area contributed by atoms with Gasteiger partial charge in [-0.1, -0.05) is 20.3 Å². The number of hydrogen-bond donors (Lipinski definition) is 3. The smallest absolute Gasteiger partial charge is 0.326 e. The second-order valence-corrected chi connectivity index (χ2v) is 4.07. The lowest BCUT2D eigenvalue weighted by molar-refractivity contribution is -0.144. The average Bonchev–Trinajstić information content (AvgIpc) is 2.09. The third kappa shape index (κ3) is 2.92. The first-order chi connectivity index (χ1) is 7.06. The Morgan fingerprint density at radius 3 is 2.47 bits per heavy atom. The molecular weight excluding hydrogens is 196 g/mol. The zero-order chi connectivity index (χ0) is 11.4. The topological polar surface area (TPSA) is 78.4 Å². The van der Waals surface area contributed by atoms with E-state index in [1.54, 1.807) is 0 Å². The number of carbonyl (C=O) groups is 2. The molecule has 1 amide bonds. The number of carboxylic acids is 1. The molecule has 5 nitrogen and oxygen atoms in total. The molecule has 5 heteroatoms. The highest BCUT2D eigenvalue weighted by molar-refractivity contribution is 5.85. The van der Waals surface area contributed by atoms with Crippen LogP contribution in [0, 0.1) is 11.8 Å². The van der Waals surface area contributed by atoms with Gasteiger partial charge < -0.3 is 15.7 Å². The molecule has 1 rings (SSSR count). The second-order valence-electron chi connectivity index (χ2n) is 4.07. The van der Waals surface area contributed by atoms with E-state index in [1.807, 2.05) is 13.8 Å². The summed E-state index contributed by atoms with van der Waals surface area (Å²) in [7, 11) is 0. The molecule has 0 aromatic heterocycles. The first kappa shape index (κ1) is 12.0. The van der Waals surface area contributed by atoms with Gasteiger partial charge in [-0.2, -0.15) is 0 Å². The Hall–Kier alpha value is -1.10. The summed E-state index contributed by atoms with van der Waals surface area (Å²) in [6, 6.07) is -0.761. The normalized spacial score (nSPS) is 20.1. The van der Waals surface area contributed by atoms with Crippen LogP contribution >= 0.6 is 0 Å². The van der Waals surface area contributed by atoms with Crippen molar-refractivity contribution < 1.29 is 14.7 Å². The number of amides is 1. The molecule has 1 aliphatic heterocycles. The molecular formula is C10H18N2O3. The molecule has 0 radical (unpaired) electrons. The van der Waals surface area contributed by atoms with E-state index in [2.05, 4.69) is 10.6 Å². The van der Waals surface area contributed by atoms with Crippen LogP contribution in [0.15, 0.2) is 0 Å². The van der Waals surface area contributed by atoms with Crippen LogP contribution in [0.3, 0.4) is 0 Å². The summed E-state index contributed by atoms with van der Waals surface area (Å²) in [6.07, 6.45) is 0.736. The maximum Gasteiger partial charge on any atom is 0.326 e. The Morgan fingerprint density at radius 2 is 2.13 bits per heavy atom. The van der Waals surface area contributed by atoms with Crippen molar-refractivity contribution in [2.75, 3.05) is 13.1 Å². The minimum absolute atomic E-state index is 0.0421. The predicted octanol–water partition coefficient (Wildman–Crippen LogP) is -0.179. The monoisotopic (exact) mass is 214 g/mol. The van der Waals surface area contributed by atoms with Gasteiger partial charge in [-0.25, -0.2) is 4.79 Å². The van der Waals surface area contributed by atoms with Crippen molar-refractivity contribution in [2.24, 2.45) is 11.8 Å². The van der Waals surface area contributed by atoms with Gasteiger partial charge in [0, 0.05) is 13.1 Å². The van der Waals surface area contributed by atoms with Crippen molar-refractivity contribution in [2.45, 2.75) is 26.3 Å². The summed E-state index contributed by atoms with van der Waals surface area (Å²) in [6.45, 7) is 5.05. The Labute approximate surface area is 89.2 Å². The number of carbonyl (C=O) groups excluding carboxylic acids is 1. The Morgan fingerprint density at radius 1 is 1.53 bits per heavy atom. The largest absolute Gasteiger partial charge is 0.480 e. The van der Waals surface area contributed by atoms with Crippen LogP contribution < -0.4 is 10.6 Å². The van der Waals surface area contributed by atoms with Crippen molar-refractivity contribution in [3.8, 4) is 0 Å². The van der Waals surface area contributed by atoms with E-state index in [4.69, 9.17) is 5.11 Å². The summed E-state index contributed by atoms with van der Waals surface area (Å²) < 4.78 is 0. The first-order valence-corrected chi connectivity index (χ1v) is 5.30. The summed E-state index contributed by atoms with van der Waals surface area (Å²) in [5.41, 5.74) is 0. The van der Waals surface area contributed by atoms with E-state index in [0.717, 1.165) is 6.42 Å². The fraction of sp³-hybridized carbons (Fsp3) is 0.800. The predicted molar refractivity (Wildman–Crippen MR) is 55.4 cm³/mol. The number of rotatable bonds is 5. The first-order valence-electron chi connectivity index (χ1n) is 5.30. The Balaban J connectivity index is 2.49. The van der Waals surface area contributed by atoms with Gasteiger partial charge in [0.15, 0.2) is 0 Å². The van der Waals surface area contributed by atoms with E-state index < -0.39 is 12.0 Å².